The fourth-order valence-electron chi connectivity index (χ4n) is 4.53. The molecule has 32 heavy (non-hydrogen) atoms. The van der Waals surface area contributed by atoms with Gasteiger partial charge in [0.25, 0.3) is 5.91 Å². The summed E-state index contributed by atoms with van der Waals surface area (Å²) in [6, 6.07) is 6.02. The van der Waals surface area contributed by atoms with Crippen molar-refractivity contribution in [2.75, 3.05) is 18.4 Å². The Bertz CT molecular complexity index is 1100. The number of fused-ring (bicyclic) bond motifs is 1. The predicted molar refractivity (Wildman–Crippen MR) is 112 cm³/mol. The Kier molecular flexibility index (Phi) is 5.04. The monoisotopic (exact) mass is 434 g/mol. The fraction of sp³-hybridized carbons (Fsp3) is 0.364. The van der Waals surface area contributed by atoms with Crippen molar-refractivity contribution in [1.29, 1.82) is 0 Å². The first-order valence-corrected chi connectivity index (χ1v) is 10.6. The second-order valence-electron chi connectivity index (χ2n) is 8.24. The summed E-state index contributed by atoms with van der Waals surface area (Å²) in [6.45, 7) is 1.42. The second kappa shape index (κ2) is 8.03. The molecule has 0 bridgehead atoms. The number of piperidine rings is 1. The first-order valence-electron chi connectivity index (χ1n) is 10.6. The first-order chi connectivity index (χ1) is 15.5. The minimum atomic E-state index is -0.660. The third-order valence-corrected chi connectivity index (χ3v) is 6.20. The average molecular weight is 434 g/mol. The van der Waals surface area contributed by atoms with E-state index >= 15 is 0 Å². The van der Waals surface area contributed by atoms with Crippen molar-refractivity contribution >= 4 is 29.4 Å². The van der Waals surface area contributed by atoms with Crippen LogP contribution in [-0.4, -0.2) is 62.7 Å². The molecule has 5 amide bonds. The Morgan fingerprint density at radius 3 is 2.72 bits per heavy atom. The lowest BCUT2D eigenvalue weighted by Gasteiger charge is -2.29. The summed E-state index contributed by atoms with van der Waals surface area (Å²) in [5, 5.41) is 5.20. The standard InChI is InChI=1S/C22H22N6O4/c29-18-5-4-17(20(30)26-18)28-12-14-10-15(2-3-16(14)21(28)31)25-22(32)27-9-6-13(11-27)19-23-7-1-8-24-19/h1-3,7-8,10,13,17H,4-6,9,11-12H2,(H,25,32)(H,26,29,30). The number of benzene rings is 1. The summed E-state index contributed by atoms with van der Waals surface area (Å²) in [7, 11) is 0. The number of urea groups is 1. The Morgan fingerprint density at radius 1 is 1.12 bits per heavy atom. The van der Waals surface area contributed by atoms with E-state index in [1.54, 1.807) is 41.6 Å². The van der Waals surface area contributed by atoms with Crippen molar-refractivity contribution in [3.8, 4) is 0 Å². The largest absolute Gasteiger partial charge is 0.324 e. The molecule has 2 aromatic rings. The maximum Gasteiger partial charge on any atom is 0.321 e. The first kappa shape index (κ1) is 20.1. The van der Waals surface area contributed by atoms with Gasteiger partial charge in [-0.2, -0.15) is 0 Å². The zero-order valence-corrected chi connectivity index (χ0v) is 17.3. The van der Waals surface area contributed by atoms with Gasteiger partial charge in [0.1, 0.15) is 11.9 Å². The summed E-state index contributed by atoms with van der Waals surface area (Å²) in [6.07, 6.45) is 4.74. The number of carbonyl (C=O) groups excluding carboxylic acids is 4. The Morgan fingerprint density at radius 2 is 1.94 bits per heavy atom. The van der Waals surface area contributed by atoms with Gasteiger partial charge >= 0.3 is 6.03 Å². The van der Waals surface area contributed by atoms with E-state index in [0.717, 1.165) is 17.8 Å². The van der Waals surface area contributed by atoms with Crippen LogP contribution in [0.5, 0.6) is 0 Å². The summed E-state index contributed by atoms with van der Waals surface area (Å²) in [5.41, 5.74) is 1.84. The number of imide groups is 1. The number of carbonyl (C=O) groups is 4. The maximum absolute atomic E-state index is 12.8. The lowest BCUT2D eigenvalue weighted by molar-refractivity contribution is -0.136. The van der Waals surface area contributed by atoms with Gasteiger partial charge in [-0.3, -0.25) is 19.7 Å². The van der Waals surface area contributed by atoms with Gasteiger partial charge in [-0.05, 0) is 42.7 Å². The van der Waals surface area contributed by atoms with E-state index < -0.39 is 11.9 Å². The lowest BCUT2D eigenvalue weighted by atomic mass is 10.0. The maximum atomic E-state index is 12.8. The van der Waals surface area contributed by atoms with Gasteiger partial charge in [0.2, 0.25) is 11.8 Å². The highest BCUT2D eigenvalue weighted by Gasteiger charge is 2.39. The highest BCUT2D eigenvalue weighted by atomic mass is 16.2. The van der Waals surface area contributed by atoms with Crippen LogP contribution in [0.4, 0.5) is 10.5 Å². The van der Waals surface area contributed by atoms with E-state index in [-0.39, 0.29) is 36.7 Å². The highest BCUT2D eigenvalue weighted by molar-refractivity contribution is 6.05. The third kappa shape index (κ3) is 3.68. The quantitative estimate of drug-likeness (QED) is 0.701. The van der Waals surface area contributed by atoms with Crippen LogP contribution >= 0.6 is 0 Å². The normalized spacial score (nSPS) is 22.7. The lowest BCUT2D eigenvalue weighted by Crippen LogP contribution is -2.52. The van der Waals surface area contributed by atoms with Gasteiger partial charge in [-0.1, -0.05) is 0 Å². The van der Waals surface area contributed by atoms with E-state index in [1.807, 2.05) is 0 Å². The molecule has 2 N–H and O–H groups in total. The number of likely N-dealkylation sites (tertiary alicyclic amines) is 1. The number of rotatable bonds is 3. The fourth-order valence-corrected chi connectivity index (χ4v) is 4.53. The number of aromatic nitrogens is 2. The van der Waals surface area contributed by atoms with Crippen LogP contribution in [0.15, 0.2) is 36.7 Å². The van der Waals surface area contributed by atoms with Crippen LogP contribution in [0.2, 0.25) is 0 Å². The van der Waals surface area contributed by atoms with Crippen LogP contribution < -0.4 is 10.6 Å². The van der Waals surface area contributed by atoms with E-state index in [4.69, 9.17) is 0 Å². The molecule has 10 heteroatoms. The van der Waals surface area contributed by atoms with Crippen LogP contribution in [0, 0.1) is 0 Å². The summed E-state index contributed by atoms with van der Waals surface area (Å²) < 4.78 is 0. The molecule has 1 aromatic heterocycles. The molecule has 2 atom stereocenters. The van der Waals surface area contributed by atoms with Gasteiger partial charge in [-0.25, -0.2) is 14.8 Å². The molecular weight excluding hydrogens is 412 g/mol. The SMILES string of the molecule is O=C1CCC(N2Cc3cc(NC(=O)N4CCC(c5ncccn5)C4)ccc3C2=O)C(=O)N1. The number of anilines is 1. The molecule has 4 heterocycles. The minimum Gasteiger partial charge on any atom is -0.324 e. The van der Waals surface area contributed by atoms with Gasteiger partial charge in [0, 0.05) is 55.6 Å². The molecule has 5 rings (SSSR count). The molecule has 0 radical (unpaired) electrons. The molecule has 0 spiro atoms. The molecule has 3 aliphatic rings. The second-order valence-corrected chi connectivity index (χ2v) is 8.24. The summed E-state index contributed by atoms with van der Waals surface area (Å²) >= 11 is 0. The molecule has 3 aliphatic heterocycles. The molecular formula is C22H22N6O4. The molecule has 2 unspecified atom stereocenters. The average Bonchev–Trinajstić information content (AvgIpc) is 3.40. The minimum absolute atomic E-state index is 0.113. The summed E-state index contributed by atoms with van der Waals surface area (Å²) in [4.78, 5) is 60.9. The molecule has 0 aliphatic carbocycles. The van der Waals surface area contributed by atoms with E-state index in [0.29, 0.717) is 30.8 Å². The number of hydrogen-bond acceptors (Lipinski definition) is 6. The Labute approximate surface area is 184 Å². The van der Waals surface area contributed by atoms with Gasteiger partial charge < -0.3 is 15.1 Å². The number of nitrogens with zero attached hydrogens (tertiary/aromatic N) is 4. The van der Waals surface area contributed by atoms with E-state index in [2.05, 4.69) is 20.6 Å². The van der Waals surface area contributed by atoms with Crippen molar-refractivity contribution in [2.45, 2.75) is 37.8 Å². The van der Waals surface area contributed by atoms with Crippen LogP contribution in [0.3, 0.4) is 0 Å². The molecule has 1 aromatic carbocycles. The van der Waals surface area contributed by atoms with Crippen LogP contribution in [-0.2, 0) is 16.1 Å². The topological polar surface area (TPSA) is 125 Å². The molecule has 2 saturated heterocycles. The number of amides is 5. The molecule has 0 saturated carbocycles. The van der Waals surface area contributed by atoms with Gasteiger partial charge in [-0.15, -0.1) is 0 Å². The van der Waals surface area contributed by atoms with E-state index in [9.17, 15) is 19.2 Å². The Balaban J connectivity index is 1.24. The van der Waals surface area contributed by atoms with Crippen LogP contribution in [0.1, 0.15) is 46.9 Å². The third-order valence-electron chi connectivity index (χ3n) is 6.20. The van der Waals surface area contributed by atoms with Crippen molar-refractivity contribution in [2.24, 2.45) is 0 Å². The molecule has 2 fully saturated rings. The smallest absolute Gasteiger partial charge is 0.321 e. The molecule has 164 valence electrons. The van der Waals surface area contributed by atoms with Gasteiger partial charge in [0.05, 0.1) is 0 Å². The van der Waals surface area contributed by atoms with E-state index in [1.165, 1.54) is 4.90 Å². The Hall–Kier alpha value is -3.82. The zero-order valence-electron chi connectivity index (χ0n) is 17.3. The van der Waals surface area contributed by atoms with Crippen LogP contribution in [0.25, 0.3) is 0 Å². The zero-order chi connectivity index (χ0) is 22.2. The summed E-state index contributed by atoms with van der Waals surface area (Å²) in [5.74, 6) is -0.142. The molecule has 10 nitrogen and oxygen atoms in total. The number of nitrogens with one attached hydrogen (secondary N) is 2. The highest BCUT2D eigenvalue weighted by Crippen LogP contribution is 2.30. The van der Waals surface area contributed by atoms with Crippen molar-refractivity contribution in [1.82, 2.24) is 25.1 Å². The van der Waals surface area contributed by atoms with Crippen molar-refractivity contribution in [3.05, 3.63) is 53.6 Å². The van der Waals surface area contributed by atoms with Crippen molar-refractivity contribution in [3.63, 3.8) is 0 Å². The number of hydrogen-bond donors (Lipinski definition) is 2. The van der Waals surface area contributed by atoms with Crippen molar-refractivity contribution < 1.29 is 19.2 Å². The predicted octanol–water partition coefficient (Wildman–Crippen LogP) is 1.26. The van der Waals surface area contributed by atoms with Gasteiger partial charge in [0.15, 0.2) is 0 Å².